The van der Waals surface area contributed by atoms with Crippen LogP contribution in [0.15, 0.2) is 36.4 Å². The number of carbonyl (C=O) groups is 1. The van der Waals surface area contributed by atoms with Gasteiger partial charge in [-0.15, -0.1) is 22.7 Å². The third kappa shape index (κ3) is 5.06. The Bertz CT molecular complexity index is 1020. The summed E-state index contributed by atoms with van der Waals surface area (Å²) >= 11 is 8.69. The third-order valence-corrected chi connectivity index (χ3v) is 7.12. The van der Waals surface area contributed by atoms with Crippen LogP contribution < -0.4 is 10.6 Å². The number of carbonyl (C=O) groups excluding carboxylic acids is 1. The van der Waals surface area contributed by atoms with E-state index in [1.54, 1.807) is 18.3 Å². The van der Waals surface area contributed by atoms with Crippen LogP contribution in [0.4, 0.5) is 10.1 Å². The van der Waals surface area contributed by atoms with Gasteiger partial charge in [0.05, 0.1) is 17.9 Å². The van der Waals surface area contributed by atoms with E-state index in [2.05, 4.69) is 27.8 Å². The summed E-state index contributed by atoms with van der Waals surface area (Å²) in [4.78, 5) is 19.6. The number of rotatable bonds is 6. The van der Waals surface area contributed by atoms with Gasteiger partial charge in [0, 0.05) is 16.2 Å². The lowest BCUT2D eigenvalue weighted by Gasteiger charge is -2.08. The van der Waals surface area contributed by atoms with E-state index in [-0.39, 0.29) is 5.97 Å². The van der Waals surface area contributed by atoms with Crippen LogP contribution >= 0.6 is 34.9 Å². The van der Waals surface area contributed by atoms with Crippen molar-refractivity contribution in [3.05, 3.63) is 63.0 Å². The molecular weight excluding hydrogens is 434 g/mol. The van der Waals surface area contributed by atoms with E-state index < -0.39 is 0 Å². The van der Waals surface area contributed by atoms with E-state index in [1.165, 1.54) is 40.3 Å². The van der Waals surface area contributed by atoms with E-state index in [4.69, 9.17) is 17.0 Å². The molecule has 2 aromatic heterocycles. The number of nitrogens with zero attached hydrogens (tertiary/aromatic N) is 1. The molecule has 0 spiro atoms. The van der Waals surface area contributed by atoms with Gasteiger partial charge in [0.15, 0.2) is 10.2 Å². The molecule has 0 aliphatic heterocycles. The van der Waals surface area contributed by atoms with Crippen molar-refractivity contribution in [2.24, 2.45) is 0 Å². The molecule has 1 aliphatic rings. The maximum atomic E-state index is 12.5. The molecule has 0 fully saturated rings. The minimum Gasteiger partial charge on any atom is -0.462 e. The molecule has 0 atom stereocenters. The Kier molecular flexibility index (Phi) is 6.76. The first kappa shape index (κ1) is 21.0. The molecule has 8 heteroatoms. The maximum absolute atomic E-state index is 12.5. The van der Waals surface area contributed by atoms with Crippen LogP contribution in [-0.2, 0) is 24.0 Å². The van der Waals surface area contributed by atoms with Crippen molar-refractivity contribution in [2.75, 3.05) is 17.2 Å². The number of hydrogen-bond donors (Lipinski definition) is 2. The first-order chi connectivity index (χ1) is 14.6. The highest BCUT2D eigenvalue weighted by Crippen LogP contribution is 2.32. The van der Waals surface area contributed by atoms with Crippen molar-refractivity contribution in [2.45, 2.75) is 39.0 Å². The first-order valence-corrected chi connectivity index (χ1v) is 12.1. The lowest BCUT2D eigenvalue weighted by Crippen LogP contribution is -2.20. The van der Waals surface area contributed by atoms with Crippen molar-refractivity contribution >= 4 is 56.1 Å². The number of aromatic nitrogens is 1. The number of ether oxygens (including phenoxy) is 1. The summed E-state index contributed by atoms with van der Waals surface area (Å²) in [5.41, 5.74) is 2.88. The normalized spacial score (nSPS) is 12.8. The first-order valence-electron chi connectivity index (χ1n) is 10.0. The molecule has 0 amide bonds. The second kappa shape index (κ2) is 9.68. The minimum absolute atomic E-state index is 0.329. The maximum Gasteiger partial charge on any atom is 0.341 e. The highest BCUT2D eigenvalue weighted by Gasteiger charge is 2.20. The molecule has 30 heavy (non-hydrogen) atoms. The summed E-state index contributed by atoms with van der Waals surface area (Å²) in [6.07, 6.45) is 5.30. The second-order valence-corrected chi connectivity index (χ2v) is 9.64. The van der Waals surface area contributed by atoms with E-state index in [9.17, 15) is 4.79 Å². The highest BCUT2D eigenvalue weighted by molar-refractivity contribution is 7.80. The Hall–Kier alpha value is -2.29. The molecule has 1 aliphatic carbocycles. The van der Waals surface area contributed by atoms with Crippen LogP contribution in [0.25, 0.3) is 0 Å². The van der Waals surface area contributed by atoms with Gasteiger partial charge >= 0.3 is 5.97 Å². The van der Waals surface area contributed by atoms with Gasteiger partial charge in [0.2, 0.25) is 0 Å². The average molecular weight is 458 g/mol. The molecule has 0 saturated heterocycles. The van der Waals surface area contributed by atoms with Crippen molar-refractivity contribution < 1.29 is 9.53 Å². The number of fused-ring (bicyclic) bond motifs is 1. The Labute approximate surface area is 189 Å². The summed E-state index contributed by atoms with van der Waals surface area (Å²) in [5, 5.41) is 8.30. The van der Waals surface area contributed by atoms with Gasteiger partial charge in [0.25, 0.3) is 0 Å². The molecule has 0 radical (unpaired) electrons. The quantitative estimate of drug-likeness (QED) is 0.368. The number of thiazole rings is 1. The molecule has 0 saturated carbocycles. The molecule has 2 N–H and O–H groups in total. The van der Waals surface area contributed by atoms with Crippen molar-refractivity contribution in [3.63, 3.8) is 0 Å². The predicted molar refractivity (Wildman–Crippen MR) is 128 cm³/mol. The Morgan fingerprint density at radius 2 is 1.97 bits per heavy atom. The Balaban J connectivity index is 1.50. The smallest absolute Gasteiger partial charge is 0.341 e. The van der Waals surface area contributed by atoms with Crippen LogP contribution in [0.3, 0.4) is 0 Å². The number of hydrogen-bond acceptors (Lipinski definition) is 6. The summed E-state index contributed by atoms with van der Waals surface area (Å²) in [7, 11) is 0. The van der Waals surface area contributed by atoms with Gasteiger partial charge in [-0.2, -0.15) is 0 Å². The molecule has 0 bridgehead atoms. The minimum atomic E-state index is -0.344. The monoisotopic (exact) mass is 457 g/mol. The number of thiocarbonyl (C=S) groups is 1. The lowest BCUT2D eigenvalue weighted by atomic mass is 10.0. The van der Waals surface area contributed by atoms with Crippen molar-refractivity contribution in [1.29, 1.82) is 0 Å². The summed E-state index contributed by atoms with van der Waals surface area (Å²) in [6, 6.07) is 12.1. The number of aryl methyl sites for hydroxylation is 2. The third-order valence-electron chi connectivity index (χ3n) is 4.79. The van der Waals surface area contributed by atoms with Crippen LogP contribution in [0.2, 0.25) is 0 Å². The zero-order valence-electron chi connectivity index (χ0n) is 16.7. The fraction of sp³-hybridized carbons (Fsp3) is 0.318. The zero-order chi connectivity index (χ0) is 20.9. The molecular formula is C22H23N3O2S3. The molecule has 3 aromatic rings. The average Bonchev–Trinajstić information content (AvgIpc) is 3.32. The largest absolute Gasteiger partial charge is 0.462 e. The van der Waals surface area contributed by atoms with E-state index >= 15 is 0 Å². The summed E-state index contributed by atoms with van der Waals surface area (Å²) in [6.45, 7) is 2.13. The van der Waals surface area contributed by atoms with Gasteiger partial charge in [-0.1, -0.05) is 30.3 Å². The van der Waals surface area contributed by atoms with Crippen molar-refractivity contribution in [1.82, 2.24) is 4.98 Å². The highest BCUT2D eigenvalue weighted by atomic mass is 32.1. The number of esters is 1. The van der Waals surface area contributed by atoms with Crippen LogP contribution in [-0.4, -0.2) is 22.7 Å². The van der Waals surface area contributed by atoms with Gasteiger partial charge in [-0.25, -0.2) is 9.78 Å². The predicted octanol–water partition coefficient (Wildman–Crippen LogP) is 5.66. The van der Waals surface area contributed by atoms with Crippen LogP contribution in [0.5, 0.6) is 0 Å². The molecule has 0 unspecified atom stereocenters. The van der Waals surface area contributed by atoms with Gasteiger partial charge in [0.1, 0.15) is 5.00 Å². The summed E-state index contributed by atoms with van der Waals surface area (Å²) in [5.74, 6) is -0.344. The van der Waals surface area contributed by atoms with Gasteiger partial charge in [-0.05, 0) is 56.5 Å². The van der Waals surface area contributed by atoms with Crippen LogP contribution in [0, 0.1) is 0 Å². The number of benzene rings is 1. The van der Waals surface area contributed by atoms with E-state index in [0.29, 0.717) is 22.3 Å². The fourth-order valence-electron chi connectivity index (χ4n) is 3.42. The zero-order valence-corrected chi connectivity index (χ0v) is 19.1. The molecule has 4 rings (SSSR count). The SMILES string of the molecule is CCOC(=O)c1cc(Cc2ccccc2)sc1NC(=S)Nc1nc2c(s1)CCCC2. The van der Waals surface area contributed by atoms with Gasteiger partial charge in [-0.3, -0.25) is 0 Å². The van der Waals surface area contributed by atoms with E-state index in [1.807, 2.05) is 24.3 Å². The number of nitrogens with one attached hydrogen (secondary N) is 2. The number of thiophene rings is 1. The molecule has 2 heterocycles. The number of anilines is 2. The standard InChI is InChI=1S/C22H23N3O2S3/c1-2-27-20(26)16-13-15(12-14-8-4-3-5-9-14)29-19(16)24-21(28)25-22-23-17-10-6-7-11-18(17)30-22/h3-5,8-9,13H,2,6-7,10-12H2,1H3,(H2,23,24,25,28). The molecule has 156 valence electrons. The van der Waals surface area contributed by atoms with E-state index in [0.717, 1.165) is 29.3 Å². The van der Waals surface area contributed by atoms with Gasteiger partial charge < -0.3 is 15.4 Å². The molecule has 5 nitrogen and oxygen atoms in total. The van der Waals surface area contributed by atoms with Crippen molar-refractivity contribution in [3.8, 4) is 0 Å². The Morgan fingerprint density at radius 1 is 1.17 bits per heavy atom. The topological polar surface area (TPSA) is 63.2 Å². The van der Waals surface area contributed by atoms with Crippen LogP contribution in [0.1, 0.15) is 51.1 Å². The lowest BCUT2D eigenvalue weighted by molar-refractivity contribution is 0.0528. The fourth-order valence-corrected chi connectivity index (χ4v) is 5.88. The summed E-state index contributed by atoms with van der Waals surface area (Å²) < 4.78 is 5.24. The molecule has 1 aromatic carbocycles. The second-order valence-electron chi connectivity index (χ2n) is 7.01. The Morgan fingerprint density at radius 3 is 2.73 bits per heavy atom.